The fourth-order valence-corrected chi connectivity index (χ4v) is 2.60. The van der Waals surface area contributed by atoms with Crippen molar-refractivity contribution in [3.63, 3.8) is 0 Å². The second-order valence-electron chi connectivity index (χ2n) is 5.15. The van der Waals surface area contributed by atoms with Gasteiger partial charge in [-0.25, -0.2) is 0 Å². The minimum absolute atomic E-state index is 0.486. The van der Waals surface area contributed by atoms with Crippen LogP contribution in [0.4, 0.5) is 0 Å². The maximum absolute atomic E-state index is 5.88. The van der Waals surface area contributed by atoms with E-state index in [1.807, 2.05) is 0 Å². The van der Waals surface area contributed by atoms with E-state index < -0.39 is 0 Å². The first kappa shape index (κ1) is 10.4. The topological polar surface area (TPSA) is 38.0 Å². The molecule has 2 nitrogen and oxygen atoms in total. The maximum Gasteiger partial charge on any atom is 0.00682 e. The molecule has 0 radical (unpaired) electrons. The highest BCUT2D eigenvalue weighted by Crippen LogP contribution is 2.29. The molecule has 0 aromatic heterocycles. The first-order valence-corrected chi connectivity index (χ1v) is 6.33. The molecule has 2 rings (SSSR count). The van der Waals surface area contributed by atoms with Gasteiger partial charge >= 0.3 is 0 Å². The molecule has 2 heteroatoms. The largest absolute Gasteiger partial charge is 0.328 e. The molecule has 0 aromatic carbocycles. The number of rotatable bonds is 4. The first-order chi connectivity index (χ1) is 6.84. The van der Waals surface area contributed by atoms with Crippen LogP contribution in [0, 0.1) is 5.92 Å². The molecule has 2 fully saturated rings. The summed E-state index contributed by atoms with van der Waals surface area (Å²) in [5.74, 6) is 1.05. The number of nitrogens with one attached hydrogen (secondary N) is 1. The van der Waals surface area contributed by atoms with Crippen molar-refractivity contribution in [3.05, 3.63) is 0 Å². The summed E-state index contributed by atoms with van der Waals surface area (Å²) >= 11 is 0. The molecule has 82 valence electrons. The van der Waals surface area contributed by atoms with E-state index in [-0.39, 0.29) is 0 Å². The van der Waals surface area contributed by atoms with Crippen LogP contribution in [0.25, 0.3) is 0 Å². The zero-order valence-corrected chi connectivity index (χ0v) is 9.17. The summed E-state index contributed by atoms with van der Waals surface area (Å²) in [6, 6.07) is 1.26. The Balaban J connectivity index is 1.52. The lowest BCUT2D eigenvalue weighted by molar-refractivity contribution is 0.275. The summed E-state index contributed by atoms with van der Waals surface area (Å²) in [4.78, 5) is 0. The van der Waals surface area contributed by atoms with Crippen molar-refractivity contribution >= 4 is 0 Å². The Morgan fingerprint density at radius 3 is 2.29 bits per heavy atom. The van der Waals surface area contributed by atoms with Gasteiger partial charge in [-0.1, -0.05) is 19.3 Å². The van der Waals surface area contributed by atoms with E-state index in [1.165, 1.54) is 57.9 Å². The third kappa shape index (κ3) is 2.96. The van der Waals surface area contributed by atoms with Gasteiger partial charge in [0.25, 0.3) is 0 Å². The molecule has 2 aliphatic carbocycles. The van der Waals surface area contributed by atoms with Gasteiger partial charge in [0.2, 0.25) is 0 Å². The molecule has 0 aromatic rings. The van der Waals surface area contributed by atoms with Crippen molar-refractivity contribution in [2.24, 2.45) is 11.7 Å². The monoisotopic (exact) mass is 196 g/mol. The van der Waals surface area contributed by atoms with E-state index >= 15 is 0 Å². The fourth-order valence-electron chi connectivity index (χ4n) is 2.60. The van der Waals surface area contributed by atoms with Gasteiger partial charge in [0.05, 0.1) is 0 Å². The molecule has 3 N–H and O–H groups in total. The highest BCUT2D eigenvalue weighted by atomic mass is 14.9. The Morgan fingerprint density at radius 1 is 1.00 bits per heavy atom. The zero-order valence-electron chi connectivity index (χ0n) is 9.17. The molecule has 0 amide bonds. The summed E-state index contributed by atoms with van der Waals surface area (Å²) in [5.41, 5.74) is 5.88. The summed E-state index contributed by atoms with van der Waals surface area (Å²) < 4.78 is 0. The lowest BCUT2D eigenvalue weighted by Crippen LogP contribution is -2.38. The van der Waals surface area contributed by atoms with Crippen molar-refractivity contribution in [3.8, 4) is 0 Å². The van der Waals surface area contributed by atoms with Gasteiger partial charge in [0, 0.05) is 12.1 Å². The predicted octanol–water partition coefficient (Wildman–Crippen LogP) is 2.04. The molecule has 0 bridgehead atoms. The van der Waals surface area contributed by atoms with E-state index in [0.717, 1.165) is 12.0 Å². The Labute approximate surface area is 87.6 Å². The van der Waals surface area contributed by atoms with E-state index in [4.69, 9.17) is 5.73 Å². The summed E-state index contributed by atoms with van der Waals surface area (Å²) in [6.07, 6.45) is 10.9. The van der Waals surface area contributed by atoms with E-state index in [2.05, 4.69) is 5.32 Å². The smallest absolute Gasteiger partial charge is 0.00682 e. The van der Waals surface area contributed by atoms with Crippen LogP contribution in [0.2, 0.25) is 0 Å². The third-order valence-electron chi connectivity index (χ3n) is 3.98. The lowest BCUT2D eigenvalue weighted by Gasteiger charge is -2.29. The van der Waals surface area contributed by atoms with Gasteiger partial charge in [-0.05, 0) is 44.6 Å². The van der Waals surface area contributed by atoms with Crippen LogP contribution in [0.15, 0.2) is 0 Å². The molecular formula is C12H24N2. The Hall–Kier alpha value is -0.0800. The quantitative estimate of drug-likeness (QED) is 0.722. The minimum Gasteiger partial charge on any atom is -0.328 e. The Morgan fingerprint density at radius 2 is 1.71 bits per heavy atom. The van der Waals surface area contributed by atoms with Crippen molar-refractivity contribution < 1.29 is 0 Å². The normalized spacial score (nSPS) is 34.1. The average Bonchev–Trinajstić information content (AvgIpc) is 2.12. The maximum atomic E-state index is 5.88. The van der Waals surface area contributed by atoms with E-state index in [9.17, 15) is 0 Å². The van der Waals surface area contributed by atoms with Gasteiger partial charge < -0.3 is 11.1 Å². The second-order valence-corrected chi connectivity index (χ2v) is 5.15. The van der Waals surface area contributed by atoms with Crippen LogP contribution in [0.3, 0.4) is 0 Å². The molecule has 0 unspecified atom stereocenters. The molecule has 2 saturated carbocycles. The van der Waals surface area contributed by atoms with Gasteiger partial charge in [-0.2, -0.15) is 0 Å². The molecule has 0 heterocycles. The molecule has 0 spiro atoms. The van der Waals surface area contributed by atoms with Gasteiger partial charge in [-0.3, -0.25) is 0 Å². The summed E-state index contributed by atoms with van der Waals surface area (Å²) in [6.45, 7) is 1.24. The number of nitrogens with two attached hydrogens (primary N) is 1. The second kappa shape index (κ2) is 5.13. The number of hydrogen-bond donors (Lipinski definition) is 2. The lowest BCUT2D eigenvalue weighted by atomic mass is 9.83. The zero-order chi connectivity index (χ0) is 9.80. The molecule has 0 aliphatic heterocycles. The minimum atomic E-state index is 0.486. The third-order valence-corrected chi connectivity index (χ3v) is 3.98. The molecule has 2 aliphatic rings. The highest BCUT2D eigenvalue weighted by molar-refractivity contribution is 4.79. The average molecular weight is 196 g/mol. The van der Waals surface area contributed by atoms with Crippen LogP contribution in [-0.4, -0.2) is 18.6 Å². The van der Waals surface area contributed by atoms with E-state index in [0.29, 0.717) is 6.04 Å². The Kier molecular flexibility index (Phi) is 3.82. The van der Waals surface area contributed by atoms with E-state index in [1.54, 1.807) is 0 Å². The summed E-state index contributed by atoms with van der Waals surface area (Å²) in [7, 11) is 0. The van der Waals surface area contributed by atoms with Crippen molar-refractivity contribution in [2.45, 2.75) is 63.5 Å². The fraction of sp³-hybridized carbons (Fsp3) is 1.00. The van der Waals surface area contributed by atoms with Crippen LogP contribution in [-0.2, 0) is 0 Å². The summed E-state index contributed by atoms with van der Waals surface area (Å²) in [5, 5.41) is 3.69. The Bertz CT molecular complexity index is 158. The molecule has 0 saturated heterocycles. The van der Waals surface area contributed by atoms with Crippen molar-refractivity contribution in [1.29, 1.82) is 0 Å². The van der Waals surface area contributed by atoms with Gasteiger partial charge in [0.1, 0.15) is 0 Å². The van der Waals surface area contributed by atoms with Gasteiger partial charge in [0.15, 0.2) is 0 Å². The standard InChI is InChI=1S/C12H24N2/c13-11-4-6-12(7-5-11)14-9-8-10-2-1-3-10/h10-12,14H,1-9,13H2. The van der Waals surface area contributed by atoms with Crippen LogP contribution >= 0.6 is 0 Å². The van der Waals surface area contributed by atoms with Crippen LogP contribution in [0.5, 0.6) is 0 Å². The SMILES string of the molecule is NC1CCC(NCCC2CCC2)CC1. The van der Waals surface area contributed by atoms with Gasteiger partial charge in [-0.15, -0.1) is 0 Å². The van der Waals surface area contributed by atoms with Crippen LogP contribution < -0.4 is 11.1 Å². The van der Waals surface area contributed by atoms with Crippen molar-refractivity contribution in [1.82, 2.24) is 5.32 Å². The molecule has 0 atom stereocenters. The van der Waals surface area contributed by atoms with Crippen LogP contribution in [0.1, 0.15) is 51.4 Å². The van der Waals surface area contributed by atoms with Crippen molar-refractivity contribution in [2.75, 3.05) is 6.54 Å². The molecular weight excluding hydrogens is 172 g/mol. The number of hydrogen-bond acceptors (Lipinski definition) is 2. The first-order valence-electron chi connectivity index (χ1n) is 6.33. The molecule has 14 heavy (non-hydrogen) atoms. The highest BCUT2D eigenvalue weighted by Gasteiger charge is 2.20. The predicted molar refractivity (Wildman–Crippen MR) is 60.2 cm³/mol.